The molecule has 7 heteroatoms. The minimum absolute atomic E-state index is 0.00915. The quantitative estimate of drug-likeness (QED) is 0.785. The number of nitrogens with zero attached hydrogens (tertiary/aromatic N) is 1. The number of ketones is 1. The van der Waals surface area contributed by atoms with E-state index in [4.69, 9.17) is 9.47 Å². The summed E-state index contributed by atoms with van der Waals surface area (Å²) in [6.07, 6.45) is 3.88. The summed E-state index contributed by atoms with van der Waals surface area (Å²) in [7, 11) is 0. The number of carbonyl (C=O) groups is 2. The molecule has 2 aromatic rings. The molecule has 2 bridgehead atoms. The van der Waals surface area contributed by atoms with Crippen LogP contribution in [0.2, 0.25) is 0 Å². The highest BCUT2D eigenvalue weighted by Crippen LogP contribution is 2.54. The van der Waals surface area contributed by atoms with Crippen LogP contribution in [0.4, 0.5) is 0 Å². The Morgan fingerprint density at radius 2 is 1.89 bits per heavy atom. The number of aromatic nitrogens is 1. The van der Waals surface area contributed by atoms with Gasteiger partial charge in [0, 0.05) is 0 Å². The number of aldehydes is 1. The molecule has 3 heterocycles. The lowest BCUT2D eigenvalue weighted by molar-refractivity contribution is -0.118. The first-order valence-electron chi connectivity index (χ1n) is 9.31. The van der Waals surface area contributed by atoms with Gasteiger partial charge in [0.05, 0.1) is 40.7 Å². The minimum atomic E-state index is -0.249. The summed E-state index contributed by atoms with van der Waals surface area (Å²) in [4.78, 5) is 28.5. The maximum atomic E-state index is 13.1. The van der Waals surface area contributed by atoms with E-state index in [0.29, 0.717) is 21.4 Å². The van der Waals surface area contributed by atoms with Gasteiger partial charge in [-0.25, -0.2) is 4.98 Å². The van der Waals surface area contributed by atoms with Crippen molar-refractivity contribution in [1.29, 1.82) is 0 Å². The second-order valence-electron chi connectivity index (χ2n) is 7.65. The van der Waals surface area contributed by atoms with Crippen LogP contribution in [0.3, 0.4) is 0 Å². The lowest BCUT2D eigenvalue weighted by atomic mass is 9.80. The van der Waals surface area contributed by atoms with E-state index in [9.17, 15) is 14.7 Å². The van der Waals surface area contributed by atoms with Gasteiger partial charge >= 0.3 is 0 Å². The van der Waals surface area contributed by atoms with Gasteiger partial charge in [-0.2, -0.15) is 0 Å². The molecule has 2 aliphatic heterocycles. The van der Waals surface area contributed by atoms with Crippen LogP contribution in [0.15, 0.2) is 24.1 Å². The first-order chi connectivity index (χ1) is 13.5. The summed E-state index contributed by atoms with van der Waals surface area (Å²) in [6, 6.07) is 3.66. The first-order valence-corrected chi connectivity index (χ1v) is 10.1. The first kappa shape index (κ1) is 17.6. The normalized spacial score (nSPS) is 28.1. The van der Waals surface area contributed by atoms with Crippen LogP contribution in [0.1, 0.15) is 39.2 Å². The molecule has 5 rings (SSSR count). The number of carbonyl (C=O) groups excluding carboxylic acids is 2. The van der Waals surface area contributed by atoms with E-state index in [-0.39, 0.29) is 35.6 Å². The number of allylic oxidation sites excluding steroid dienone is 1. The van der Waals surface area contributed by atoms with Crippen LogP contribution >= 0.6 is 11.3 Å². The fourth-order valence-corrected chi connectivity index (χ4v) is 5.52. The molecular weight excluding hydrogens is 378 g/mol. The fraction of sp³-hybridized carbons (Fsp3) is 0.381. The van der Waals surface area contributed by atoms with Crippen molar-refractivity contribution >= 4 is 29.0 Å². The third kappa shape index (κ3) is 2.46. The molecule has 1 aromatic carbocycles. The summed E-state index contributed by atoms with van der Waals surface area (Å²) < 4.78 is 11.6. The molecule has 4 atom stereocenters. The summed E-state index contributed by atoms with van der Waals surface area (Å²) in [5.74, 6) is 0.302. The van der Waals surface area contributed by atoms with E-state index < -0.39 is 0 Å². The topological polar surface area (TPSA) is 85.7 Å². The van der Waals surface area contributed by atoms with Crippen molar-refractivity contribution in [2.75, 3.05) is 0 Å². The zero-order valence-corrected chi connectivity index (χ0v) is 16.3. The van der Waals surface area contributed by atoms with Crippen LogP contribution in [-0.4, -0.2) is 34.4 Å². The highest BCUT2D eigenvalue weighted by atomic mass is 32.1. The lowest BCUT2D eigenvalue weighted by Crippen LogP contribution is -2.29. The molecule has 3 aliphatic rings. The molecule has 28 heavy (non-hydrogen) atoms. The number of benzene rings is 1. The largest absolute Gasteiger partial charge is 0.511 e. The zero-order valence-electron chi connectivity index (χ0n) is 15.5. The van der Waals surface area contributed by atoms with Crippen LogP contribution in [-0.2, 0) is 9.53 Å². The Labute approximate surface area is 165 Å². The summed E-state index contributed by atoms with van der Waals surface area (Å²) >= 11 is 1.17. The molecule has 144 valence electrons. The molecule has 0 amide bonds. The molecule has 1 aromatic heterocycles. The van der Waals surface area contributed by atoms with E-state index in [1.165, 1.54) is 17.5 Å². The maximum absolute atomic E-state index is 13.1. The van der Waals surface area contributed by atoms with Crippen LogP contribution in [0, 0.1) is 25.7 Å². The van der Waals surface area contributed by atoms with Crippen molar-refractivity contribution in [2.24, 2.45) is 11.8 Å². The molecule has 6 nitrogen and oxygen atoms in total. The van der Waals surface area contributed by atoms with Gasteiger partial charge in [0.25, 0.3) is 5.19 Å². The number of thiazole rings is 1. The minimum Gasteiger partial charge on any atom is -0.511 e. The number of aryl methyl sites for hydroxylation is 2. The number of ether oxygens (including phenoxy) is 2. The van der Waals surface area contributed by atoms with Crippen molar-refractivity contribution in [3.05, 3.63) is 45.7 Å². The molecular formula is C21H19NO5S. The number of aliphatic hydroxyl groups is 1. The van der Waals surface area contributed by atoms with Gasteiger partial charge in [0.1, 0.15) is 11.5 Å². The summed E-state index contributed by atoms with van der Waals surface area (Å²) in [5.41, 5.74) is 2.92. The highest BCUT2D eigenvalue weighted by molar-refractivity contribution is 7.15. The van der Waals surface area contributed by atoms with Crippen LogP contribution < -0.4 is 4.74 Å². The van der Waals surface area contributed by atoms with Crippen molar-refractivity contribution in [2.45, 2.75) is 38.9 Å². The maximum Gasteiger partial charge on any atom is 0.279 e. The van der Waals surface area contributed by atoms with Crippen LogP contribution in [0.25, 0.3) is 5.57 Å². The van der Waals surface area contributed by atoms with Gasteiger partial charge in [-0.3, -0.25) is 9.59 Å². The van der Waals surface area contributed by atoms with Crippen molar-refractivity contribution in [3.8, 4) is 10.9 Å². The Kier molecular flexibility index (Phi) is 3.93. The lowest BCUT2D eigenvalue weighted by Gasteiger charge is -2.19. The number of Topliss-reactive ketones (excluding diaryl/α,β-unsaturated/α-hetero) is 1. The predicted octanol–water partition coefficient (Wildman–Crippen LogP) is 4.01. The molecule has 2 saturated heterocycles. The fourth-order valence-electron chi connectivity index (χ4n) is 4.92. The van der Waals surface area contributed by atoms with E-state index in [0.717, 1.165) is 35.8 Å². The average molecular weight is 397 g/mol. The highest BCUT2D eigenvalue weighted by Gasteiger charge is 2.59. The molecule has 0 saturated carbocycles. The second kappa shape index (κ2) is 6.25. The van der Waals surface area contributed by atoms with E-state index >= 15 is 0 Å². The van der Waals surface area contributed by atoms with Gasteiger partial charge in [-0.1, -0.05) is 11.3 Å². The van der Waals surface area contributed by atoms with Gasteiger partial charge < -0.3 is 14.6 Å². The Morgan fingerprint density at radius 3 is 2.50 bits per heavy atom. The third-order valence-corrected chi connectivity index (χ3v) is 6.77. The Bertz CT molecular complexity index is 1020. The van der Waals surface area contributed by atoms with Crippen molar-refractivity contribution in [1.82, 2.24) is 4.98 Å². The number of fused-ring (bicyclic) bond motifs is 5. The second-order valence-corrected chi connectivity index (χ2v) is 8.67. The average Bonchev–Trinajstić information content (AvgIpc) is 3.41. The van der Waals surface area contributed by atoms with Crippen molar-refractivity contribution in [3.63, 3.8) is 0 Å². The Balaban J connectivity index is 1.51. The molecule has 1 aliphatic carbocycles. The van der Waals surface area contributed by atoms with Gasteiger partial charge in [0.15, 0.2) is 12.1 Å². The van der Waals surface area contributed by atoms with E-state index in [1.54, 1.807) is 0 Å². The SMILES string of the molecule is Cc1cc(Oc2ncc(C=O)s2)cc(C)c1C1=C(O)[C@H]2[C@@H](C1=O)[C@H]1CC[C@@H]2O1. The number of hydrogen-bond acceptors (Lipinski definition) is 7. The molecule has 0 spiro atoms. The summed E-state index contributed by atoms with van der Waals surface area (Å²) in [5, 5.41) is 11.3. The Morgan fingerprint density at radius 1 is 1.21 bits per heavy atom. The number of rotatable bonds is 4. The molecule has 2 fully saturated rings. The van der Waals surface area contributed by atoms with Crippen LogP contribution in [0.5, 0.6) is 10.9 Å². The monoisotopic (exact) mass is 397 g/mol. The zero-order chi connectivity index (χ0) is 19.6. The molecule has 0 radical (unpaired) electrons. The molecule has 0 unspecified atom stereocenters. The predicted molar refractivity (Wildman–Crippen MR) is 103 cm³/mol. The van der Waals surface area contributed by atoms with E-state index in [2.05, 4.69) is 4.98 Å². The van der Waals surface area contributed by atoms with Gasteiger partial charge in [-0.15, -0.1) is 0 Å². The number of hydrogen-bond donors (Lipinski definition) is 1. The Hall–Kier alpha value is -2.51. The smallest absolute Gasteiger partial charge is 0.279 e. The van der Waals surface area contributed by atoms with Gasteiger partial charge in [0.2, 0.25) is 0 Å². The van der Waals surface area contributed by atoms with E-state index in [1.807, 2.05) is 26.0 Å². The summed E-state index contributed by atoms with van der Waals surface area (Å²) in [6.45, 7) is 3.81. The van der Waals surface area contributed by atoms with Crippen molar-refractivity contribution < 1.29 is 24.2 Å². The van der Waals surface area contributed by atoms with Gasteiger partial charge in [-0.05, 0) is 55.5 Å². The standard InChI is InChI=1S/C21H19NO5S/c1-9-5-11(26-21-22-7-12(8-23)28-21)6-10(2)15(9)18-19(24)16-13-3-4-14(27-13)17(16)20(18)25/h5-8,13-14,16-17,24H,3-4H2,1-2H3/t13-,14+,16+,17-/m0/s1. The molecule has 1 N–H and O–H groups in total. The number of aliphatic hydroxyl groups excluding tert-OH is 1. The third-order valence-electron chi connectivity index (χ3n) is 5.97.